The quantitative estimate of drug-likeness (QED) is 0.411. The molecule has 1 rings (SSSR count). The molecule has 0 N–H and O–H groups in total. The van der Waals surface area contributed by atoms with Crippen molar-refractivity contribution in [2.45, 2.75) is 19.3 Å². The topological polar surface area (TPSA) is 0 Å². The van der Waals surface area contributed by atoms with Crippen LogP contribution in [0.4, 0.5) is 26.3 Å². The smallest absolute Gasteiger partial charge is 0.204 e. The van der Waals surface area contributed by atoms with E-state index in [0.717, 1.165) is 6.92 Å². The minimum atomic E-state index is -3.72. The van der Waals surface area contributed by atoms with E-state index in [-0.39, 0.29) is 6.07 Å². The number of alkyl halides is 2. The molecule has 84 valence electrons. The fourth-order valence-electron chi connectivity index (χ4n) is 1.03. The molecular formula is C9H6F6. The SMILES string of the molecule is CCC(F)(F)c1cc(F)c(F)c(F)c1F. The van der Waals surface area contributed by atoms with Crippen LogP contribution < -0.4 is 0 Å². The van der Waals surface area contributed by atoms with E-state index in [1.165, 1.54) is 0 Å². The first-order valence-electron chi connectivity index (χ1n) is 4.02. The molecule has 0 aliphatic carbocycles. The van der Waals surface area contributed by atoms with Gasteiger partial charge in [-0.05, 0) is 6.07 Å². The zero-order valence-electron chi connectivity index (χ0n) is 7.55. The third-order valence-electron chi connectivity index (χ3n) is 1.94. The molecule has 0 saturated heterocycles. The van der Waals surface area contributed by atoms with E-state index in [1.807, 2.05) is 0 Å². The third kappa shape index (κ3) is 1.93. The second-order valence-electron chi connectivity index (χ2n) is 2.91. The summed E-state index contributed by atoms with van der Waals surface area (Å²) in [5.74, 6) is -11.9. The highest BCUT2D eigenvalue weighted by molar-refractivity contribution is 5.25. The first kappa shape index (κ1) is 11.9. The second-order valence-corrected chi connectivity index (χ2v) is 2.91. The van der Waals surface area contributed by atoms with Crippen molar-refractivity contribution in [2.24, 2.45) is 0 Å². The molecule has 0 aliphatic rings. The second kappa shape index (κ2) is 3.75. The molecule has 0 aromatic heterocycles. The molecular weight excluding hydrogens is 222 g/mol. The zero-order chi connectivity index (χ0) is 11.8. The van der Waals surface area contributed by atoms with Crippen LogP contribution in [0, 0.1) is 23.3 Å². The van der Waals surface area contributed by atoms with Crippen molar-refractivity contribution in [1.82, 2.24) is 0 Å². The van der Waals surface area contributed by atoms with Crippen LogP contribution in [0.3, 0.4) is 0 Å². The van der Waals surface area contributed by atoms with Crippen LogP contribution in [0.5, 0.6) is 0 Å². The van der Waals surface area contributed by atoms with Gasteiger partial charge in [0, 0.05) is 6.42 Å². The summed E-state index contributed by atoms with van der Waals surface area (Å²) in [6, 6.07) is -0.0305. The standard InChI is InChI=1S/C9H6F6/c1-2-9(14,15)4-3-5(10)7(12)8(13)6(4)11/h3H,2H2,1H3. The molecule has 0 amide bonds. The number of hydrogen-bond donors (Lipinski definition) is 0. The van der Waals surface area contributed by atoms with Gasteiger partial charge >= 0.3 is 0 Å². The lowest BCUT2D eigenvalue weighted by Crippen LogP contribution is -2.16. The normalized spacial score (nSPS) is 11.9. The largest absolute Gasteiger partial charge is 0.276 e. The van der Waals surface area contributed by atoms with Gasteiger partial charge in [-0.1, -0.05) is 6.92 Å². The van der Waals surface area contributed by atoms with Crippen LogP contribution in [-0.4, -0.2) is 0 Å². The van der Waals surface area contributed by atoms with E-state index in [9.17, 15) is 26.3 Å². The lowest BCUT2D eigenvalue weighted by Gasteiger charge is -2.15. The molecule has 6 heteroatoms. The van der Waals surface area contributed by atoms with E-state index >= 15 is 0 Å². The average Bonchev–Trinajstić information content (AvgIpc) is 2.20. The molecule has 0 saturated carbocycles. The summed E-state index contributed by atoms with van der Waals surface area (Å²) in [5, 5.41) is 0. The summed E-state index contributed by atoms with van der Waals surface area (Å²) < 4.78 is 76.3. The van der Waals surface area contributed by atoms with E-state index in [2.05, 4.69) is 0 Å². The maximum absolute atomic E-state index is 12.9. The number of halogens is 6. The highest BCUT2D eigenvalue weighted by Crippen LogP contribution is 2.35. The average molecular weight is 228 g/mol. The number of rotatable bonds is 2. The maximum Gasteiger partial charge on any atom is 0.276 e. The summed E-state index contributed by atoms with van der Waals surface area (Å²) in [5.41, 5.74) is -1.47. The minimum absolute atomic E-state index is 0.0305. The van der Waals surface area contributed by atoms with Gasteiger partial charge in [0.05, 0.1) is 5.56 Å². The molecule has 0 fully saturated rings. The Morgan fingerprint density at radius 2 is 1.53 bits per heavy atom. The van der Waals surface area contributed by atoms with Crippen LogP contribution in [-0.2, 0) is 5.92 Å². The molecule has 1 aromatic rings. The van der Waals surface area contributed by atoms with Gasteiger partial charge in [0.15, 0.2) is 23.3 Å². The van der Waals surface area contributed by atoms with Crippen molar-refractivity contribution < 1.29 is 26.3 Å². The van der Waals surface area contributed by atoms with Gasteiger partial charge in [0.1, 0.15) is 0 Å². The molecule has 0 heterocycles. The first-order valence-corrected chi connectivity index (χ1v) is 4.02. The third-order valence-corrected chi connectivity index (χ3v) is 1.94. The van der Waals surface area contributed by atoms with Crippen molar-refractivity contribution in [3.8, 4) is 0 Å². The molecule has 0 atom stereocenters. The Labute approximate surface area is 81.5 Å². The minimum Gasteiger partial charge on any atom is -0.204 e. The molecule has 0 radical (unpaired) electrons. The summed E-state index contributed by atoms with van der Waals surface area (Å²) in [6.07, 6.45) is -0.839. The first-order chi connectivity index (χ1) is 6.81. The Balaban J connectivity index is 3.45. The summed E-state index contributed by atoms with van der Waals surface area (Å²) in [7, 11) is 0. The summed E-state index contributed by atoms with van der Waals surface area (Å²) in [6.45, 7) is 1.01. The van der Waals surface area contributed by atoms with Gasteiger partial charge in [-0.25, -0.2) is 26.3 Å². The Bertz CT molecular complexity index is 385. The van der Waals surface area contributed by atoms with Crippen LogP contribution in [0.1, 0.15) is 18.9 Å². The Hall–Kier alpha value is -1.20. The van der Waals surface area contributed by atoms with Gasteiger partial charge in [-0.2, -0.15) is 0 Å². The van der Waals surface area contributed by atoms with E-state index in [1.54, 1.807) is 0 Å². The van der Waals surface area contributed by atoms with Crippen molar-refractivity contribution in [3.05, 3.63) is 34.9 Å². The Morgan fingerprint density at radius 1 is 1.00 bits per heavy atom. The molecule has 1 aromatic carbocycles. The van der Waals surface area contributed by atoms with Gasteiger partial charge in [-0.3, -0.25) is 0 Å². The van der Waals surface area contributed by atoms with E-state index in [4.69, 9.17) is 0 Å². The summed E-state index contributed by atoms with van der Waals surface area (Å²) >= 11 is 0. The van der Waals surface area contributed by atoms with Crippen LogP contribution in [0.15, 0.2) is 6.07 Å². The Kier molecular flexibility index (Phi) is 2.97. The predicted octanol–water partition coefficient (Wildman–Crippen LogP) is 3.74. The fourth-order valence-corrected chi connectivity index (χ4v) is 1.03. The molecule has 0 unspecified atom stereocenters. The number of hydrogen-bond acceptors (Lipinski definition) is 0. The van der Waals surface area contributed by atoms with E-state index < -0.39 is 41.2 Å². The monoisotopic (exact) mass is 228 g/mol. The van der Waals surface area contributed by atoms with E-state index in [0.29, 0.717) is 0 Å². The van der Waals surface area contributed by atoms with Gasteiger partial charge in [0.25, 0.3) is 5.92 Å². The van der Waals surface area contributed by atoms with Crippen LogP contribution in [0.2, 0.25) is 0 Å². The van der Waals surface area contributed by atoms with Crippen LogP contribution in [0.25, 0.3) is 0 Å². The highest BCUT2D eigenvalue weighted by atomic mass is 19.3. The van der Waals surface area contributed by atoms with Gasteiger partial charge < -0.3 is 0 Å². The fraction of sp³-hybridized carbons (Fsp3) is 0.333. The summed E-state index contributed by atoms with van der Waals surface area (Å²) in [4.78, 5) is 0. The Morgan fingerprint density at radius 3 is 2.00 bits per heavy atom. The van der Waals surface area contributed by atoms with Crippen molar-refractivity contribution in [1.29, 1.82) is 0 Å². The van der Waals surface area contributed by atoms with Gasteiger partial charge in [-0.15, -0.1) is 0 Å². The molecule has 0 bridgehead atoms. The lowest BCUT2D eigenvalue weighted by molar-refractivity contribution is -0.0129. The van der Waals surface area contributed by atoms with Crippen LogP contribution >= 0.6 is 0 Å². The molecule has 0 spiro atoms. The lowest BCUT2D eigenvalue weighted by atomic mass is 10.0. The van der Waals surface area contributed by atoms with Crippen molar-refractivity contribution >= 4 is 0 Å². The molecule has 0 nitrogen and oxygen atoms in total. The highest BCUT2D eigenvalue weighted by Gasteiger charge is 2.35. The maximum atomic E-state index is 12.9. The molecule has 0 aliphatic heterocycles. The zero-order valence-corrected chi connectivity index (χ0v) is 7.55. The number of benzene rings is 1. The van der Waals surface area contributed by atoms with Gasteiger partial charge in [0.2, 0.25) is 0 Å². The van der Waals surface area contributed by atoms with Crippen molar-refractivity contribution in [2.75, 3.05) is 0 Å². The van der Waals surface area contributed by atoms with Crippen molar-refractivity contribution in [3.63, 3.8) is 0 Å². The predicted molar refractivity (Wildman–Crippen MR) is 40.5 cm³/mol. The molecule has 15 heavy (non-hydrogen) atoms.